The van der Waals surface area contributed by atoms with Crippen molar-refractivity contribution in [3.63, 3.8) is 0 Å². The van der Waals surface area contributed by atoms with Gasteiger partial charge in [0.05, 0.1) is 0 Å². The molecule has 21 heavy (non-hydrogen) atoms. The molecule has 0 aromatic rings. The van der Waals surface area contributed by atoms with E-state index in [-0.39, 0.29) is 23.5 Å². The van der Waals surface area contributed by atoms with Crippen molar-refractivity contribution in [1.29, 1.82) is 0 Å². The van der Waals surface area contributed by atoms with Crippen molar-refractivity contribution in [2.45, 2.75) is 96.7 Å². The van der Waals surface area contributed by atoms with Gasteiger partial charge in [-0.15, -0.1) is 17.0 Å². The molecule has 0 amide bonds. The molecule has 0 radical (unpaired) electrons. The number of rotatable bonds is 16. The predicted octanol–water partition coefficient (Wildman–Crippen LogP) is 4.56. The van der Waals surface area contributed by atoms with Crippen molar-refractivity contribution in [1.82, 2.24) is 5.32 Å². The molecule has 0 rings (SSSR count). The van der Waals surface area contributed by atoms with E-state index in [0.29, 0.717) is 0 Å². The van der Waals surface area contributed by atoms with Gasteiger partial charge in [0.1, 0.15) is 0 Å². The molecule has 0 saturated heterocycles. The third-order valence-corrected chi connectivity index (χ3v) is 3.78. The van der Waals surface area contributed by atoms with Gasteiger partial charge in [0.15, 0.2) is 6.29 Å². The Bertz CT molecular complexity index is 180. The highest BCUT2D eigenvalue weighted by Crippen LogP contribution is 2.12. The maximum atomic E-state index is 8.65. The van der Waals surface area contributed by atoms with E-state index >= 15 is 0 Å². The van der Waals surface area contributed by atoms with Crippen LogP contribution in [0.15, 0.2) is 0 Å². The molecule has 0 aliphatic rings. The third-order valence-electron chi connectivity index (χ3n) is 3.78. The van der Waals surface area contributed by atoms with E-state index in [1.54, 1.807) is 0 Å². The molecule has 3 N–H and O–H groups in total. The van der Waals surface area contributed by atoms with E-state index in [4.69, 9.17) is 10.2 Å². The van der Waals surface area contributed by atoms with E-state index in [1.165, 1.54) is 77.0 Å². The van der Waals surface area contributed by atoms with E-state index in [0.717, 1.165) is 13.0 Å². The van der Waals surface area contributed by atoms with Crippen molar-refractivity contribution in [2.24, 2.45) is 0 Å². The smallest absolute Gasteiger partial charge is 0.164 e. The maximum absolute atomic E-state index is 8.65. The summed E-state index contributed by atoms with van der Waals surface area (Å²) in [6.45, 7) is 3.46. The first-order chi connectivity index (χ1) is 9.77. The first kappa shape index (κ1) is 23.6. The SMILES string of the molecule is Br.CCCCCCCCCCCCCCCNCC(O)O. The van der Waals surface area contributed by atoms with Gasteiger partial charge in [0, 0.05) is 6.54 Å². The van der Waals surface area contributed by atoms with Gasteiger partial charge in [0.2, 0.25) is 0 Å². The molecule has 0 aliphatic carbocycles. The van der Waals surface area contributed by atoms with Crippen LogP contribution in [0, 0.1) is 0 Å². The number of nitrogens with one attached hydrogen (secondary N) is 1. The molecule has 0 aromatic carbocycles. The Labute approximate surface area is 142 Å². The molecule has 0 spiro atoms. The van der Waals surface area contributed by atoms with Gasteiger partial charge in [-0.3, -0.25) is 0 Å². The topological polar surface area (TPSA) is 52.5 Å². The Balaban J connectivity index is 0. The second-order valence-corrected chi connectivity index (χ2v) is 5.93. The molecule has 130 valence electrons. The fraction of sp³-hybridized carbons (Fsp3) is 1.00. The quantitative estimate of drug-likeness (QED) is 0.277. The lowest BCUT2D eigenvalue weighted by Crippen LogP contribution is -2.26. The minimum Gasteiger partial charge on any atom is -0.367 e. The minimum atomic E-state index is -1.21. The number of hydrogen-bond donors (Lipinski definition) is 3. The summed E-state index contributed by atoms with van der Waals surface area (Å²) in [6, 6.07) is 0. The number of unbranched alkanes of at least 4 members (excludes halogenated alkanes) is 12. The van der Waals surface area contributed by atoms with Crippen LogP contribution < -0.4 is 5.32 Å². The van der Waals surface area contributed by atoms with E-state index in [9.17, 15) is 0 Å². The maximum Gasteiger partial charge on any atom is 0.164 e. The average molecular weight is 368 g/mol. The fourth-order valence-corrected chi connectivity index (χ4v) is 2.50. The van der Waals surface area contributed by atoms with Gasteiger partial charge in [-0.25, -0.2) is 0 Å². The van der Waals surface area contributed by atoms with E-state index < -0.39 is 6.29 Å². The summed E-state index contributed by atoms with van der Waals surface area (Å²) in [5, 5.41) is 20.3. The number of halogens is 1. The molecule has 0 atom stereocenters. The van der Waals surface area contributed by atoms with Gasteiger partial charge in [-0.1, -0.05) is 84.0 Å². The Morgan fingerprint density at radius 3 is 1.43 bits per heavy atom. The van der Waals surface area contributed by atoms with E-state index in [2.05, 4.69) is 12.2 Å². The zero-order valence-corrected chi connectivity index (χ0v) is 15.7. The van der Waals surface area contributed by atoms with Crippen molar-refractivity contribution in [2.75, 3.05) is 13.1 Å². The van der Waals surface area contributed by atoms with Crippen molar-refractivity contribution in [3.8, 4) is 0 Å². The average Bonchev–Trinajstić information content (AvgIpc) is 2.43. The molecular weight excluding hydrogens is 330 g/mol. The standard InChI is InChI=1S/C17H37NO2.BrH/c1-2-3-4-5-6-7-8-9-10-11-12-13-14-15-18-16-17(19)20;/h17-20H,2-16H2,1H3;1H. The molecule has 0 saturated carbocycles. The van der Waals surface area contributed by atoms with Crippen LogP contribution in [-0.4, -0.2) is 29.6 Å². The van der Waals surface area contributed by atoms with Gasteiger partial charge in [-0.2, -0.15) is 0 Å². The molecule has 0 unspecified atom stereocenters. The molecule has 0 heterocycles. The van der Waals surface area contributed by atoms with Gasteiger partial charge in [-0.05, 0) is 13.0 Å². The summed E-state index contributed by atoms with van der Waals surface area (Å²) >= 11 is 0. The van der Waals surface area contributed by atoms with Crippen LogP contribution in [0.1, 0.15) is 90.4 Å². The lowest BCUT2D eigenvalue weighted by Gasteiger charge is -2.06. The lowest BCUT2D eigenvalue weighted by molar-refractivity contribution is -0.0370. The highest BCUT2D eigenvalue weighted by Gasteiger charge is 1.96. The van der Waals surface area contributed by atoms with Crippen LogP contribution in [0.25, 0.3) is 0 Å². The summed E-state index contributed by atoms with van der Waals surface area (Å²) in [7, 11) is 0. The van der Waals surface area contributed by atoms with Gasteiger partial charge >= 0.3 is 0 Å². The van der Waals surface area contributed by atoms with Crippen molar-refractivity contribution < 1.29 is 10.2 Å². The van der Waals surface area contributed by atoms with Crippen LogP contribution in [0.5, 0.6) is 0 Å². The molecule has 4 heteroatoms. The summed E-state index contributed by atoms with van der Waals surface area (Å²) in [4.78, 5) is 0. The second kappa shape index (κ2) is 20.4. The largest absolute Gasteiger partial charge is 0.367 e. The normalized spacial score (nSPS) is 10.9. The van der Waals surface area contributed by atoms with Crippen LogP contribution in [0.2, 0.25) is 0 Å². The first-order valence-electron chi connectivity index (χ1n) is 8.84. The van der Waals surface area contributed by atoms with E-state index in [1.807, 2.05) is 0 Å². The molecule has 0 aliphatic heterocycles. The monoisotopic (exact) mass is 367 g/mol. The molecule has 0 bridgehead atoms. The highest BCUT2D eigenvalue weighted by atomic mass is 79.9. The summed E-state index contributed by atoms with van der Waals surface area (Å²) in [5.41, 5.74) is 0. The molecular formula is C17H38BrNO2. The van der Waals surface area contributed by atoms with Crippen LogP contribution in [0.3, 0.4) is 0 Å². The highest BCUT2D eigenvalue weighted by molar-refractivity contribution is 8.93. The fourth-order valence-electron chi connectivity index (χ4n) is 2.50. The minimum absolute atomic E-state index is 0. The van der Waals surface area contributed by atoms with Crippen LogP contribution in [-0.2, 0) is 0 Å². The molecule has 0 aromatic heterocycles. The molecule has 3 nitrogen and oxygen atoms in total. The number of hydrogen-bond acceptors (Lipinski definition) is 3. The first-order valence-corrected chi connectivity index (χ1v) is 8.84. The van der Waals surface area contributed by atoms with Gasteiger partial charge < -0.3 is 15.5 Å². The Hall–Kier alpha value is 0.360. The Morgan fingerprint density at radius 1 is 0.667 bits per heavy atom. The predicted molar refractivity (Wildman–Crippen MR) is 97.1 cm³/mol. The Kier molecular flexibility index (Phi) is 22.9. The second-order valence-electron chi connectivity index (χ2n) is 5.93. The molecule has 0 fully saturated rings. The van der Waals surface area contributed by atoms with Gasteiger partial charge in [0.25, 0.3) is 0 Å². The summed E-state index contributed by atoms with van der Waals surface area (Å²) in [5.74, 6) is 0. The number of aliphatic hydroxyl groups excluding tert-OH is 1. The lowest BCUT2D eigenvalue weighted by atomic mass is 10.0. The zero-order valence-electron chi connectivity index (χ0n) is 14.0. The summed E-state index contributed by atoms with van der Waals surface area (Å²) in [6.07, 6.45) is 16.6. The summed E-state index contributed by atoms with van der Waals surface area (Å²) < 4.78 is 0. The van der Waals surface area contributed by atoms with Crippen molar-refractivity contribution >= 4 is 17.0 Å². The zero-order chi connectivity index (χ0) is 14.9. The van der Waals surface area contributed by atoms with Crippen LogP contribution in [0.4, 0.5) is 0 Å². The third kappa shape index (κ3) is 22.8. The van der Waals surface area contributed by atoms with Crippen molar-refractivity contribution in [3.05, 3.63) is 0 Å². The Morgan fingerprint density at radius 2 is 1.05 bits per heavy atom. The number of aliphatic hydroxyl groups is 2. The van der Waals surface area contributed by atoms with Crippen LogP contribution >= 0.6 is 17.0 Å².